The van der Waals surface area contributed by atoms with Crippen molar-refractivity contribution in [2.24, 2.45) is 0 Å². The van der Waals surface area contributed by atoms with E-state index >= 15 is 0 Å². The maximum absolute atomic E-state index is 12.2. The van der Waals surface area contributed by atoms with Gasteiger partial charge in [0.1, 0.15) is 12.4 Å². The van der Waals surface area contributed by atoms with Gasteiger partial charge < -0.3 is 10.1 Å². The number of carbonyl (C=O) groups is 1. The summed E-state index contributed by atoms with van der Waals surface area (Å²) in [6.45, 7) is 3.93. The van der Waals surface area contributed by atoms with E-state index in [1.165, 1.54) is 0 Å². The molecular formula is C16H17N3O2. The molecule has 0 aliphatic carbocycles. The summed E-state index contributed by atoms with van der Waals surface area (Å²) in [5, 5.41) is 9.79. The molecule has 0 saturated heterocycles. The van der Waals surface area contributed by atoms with Crippen LogP contribution in [-0.4, -0.2) is 22.7 Å². The number of aromatic amines is 1. The number of aromatic nitrogens is 2. The summed E-state index contributed by atoms with van der Waals surface area (Å²) < 4.78 is 5.40. The van der Waals surface area contributed by atoms with E-state index in [0.717, 1.165) is 17.0 Å². The monoisotopic (exact) mass is 283 g/mol. The van der Waals surface area contributed by atoms with Gasteiger partial charge in [0.25, 0.3) is 0 Å². The van der Waals surface area contributed by atoms with Crippen molar-refractivity contribution in [2.75, 3.05) is 11.9 Å². The quantitative estimate of drug-likeness (QED) is 0.827. The Hall–Kier alpha value is -2.74. The van der Waals surface area contributed by atoms with E-state index < -0.39 is 0 Å². The van der Waals surface area contributed by atoms with Crippen LogP contribution >= 0.6 is 0 Å². The smallest absolute Gasteiger partial charge is 0.229 e. The first-order valence-corrected chi connectivity index (χ1v) is 6.57. The average Bonchev–Trinajstić information content (AvgIpc) is 2.78. The third kappa shape index (κ3) is 3.63. The van der Waals surface area contributed by atoms with Gasteiger partial charge in [0, 0.05) is 11.3 Å². The van der Waals surface area contributed by atoms with Gasteiger partial charge >= 0.3 is 0 Å². The number of aryl methyl sites for hydroxylation is 2. The summed E-state index contributed by atoms with van der Waals surface area (Å²) in [6.07, 6.45) is 5.44. The Labute approximate surface area is 123 Å². The van der Waals surface area contributed by atoms with E-state index in [0.29, 0.717) is 11.4 Å². The van der Waals surface area contributed by atoms with Crippen molar-refractivity contribution in [2.45, 2.75) is 20.3 Å². The molecule has 21 heavy (non-hydrogen) atoms. The Morgan fingerprint density at radius 1 is 1.43 bits per heavy atom. The highest BCUT2D eigenvalue weighted by atomic mass is 16.5. The lowest BCUT2D eigenvalue weighted by molar-refractivity contribution is -0.115. The summed E-state index contributed by atoms with van der Waals surface area (Å²) in [4.78, 5) is 12.2. The lowest BCUT2D eigenvalue weighted by atomic mass is 10.1. The summed E-state index contributed by atoms with van der Waals surface area (Å²) in [5.41, 5.74) is 3.25. The number of nitrogens with zero attached hydrogens (tertiary/aromatic N) is 1. The Morgan fingerprint density at radius 3 is 2.86 bits per heavy atom. The van der Waals surface area contributed by atoms with Gasteiger partial charge in [-0.15, -0.1) is 6.42 Å². The average molecular weight is 283 g/mol. The van der Waals surface area contributed by atoms with Crippen molar-refractivity contribution in [3.63, 3.8) is 0 Å². The third-order valence-corrected chi connectivity index (χ3v) is 3.09. The van der Waals surface area contributed by atoms with E-state index in [1.807, 2.05) is 26.0 Å². The molecule has 0 fully saturated rings. The van der Waals surface area contributed by atoms with E-state index in [-0.39, 0.29) is 18.9 Å². The van der Waals surface area contributed by atoms with E-state index in [9.17, 15) is 4.79 Å². The van der Waals surface area contributed by atoms with Crippen molar-refractivity contribution in [1.82, 2.24) is 10.2 Å². The van der Waals surface area contributed by atoms with Crippen LogP contribution in [-0.2, 0) is 11.2 Å². The molecule has 1 amide bonds. The van der Waals surface area contributed by atoms with E-state index in [4.69, 9.17) is 11.2 Å². The maximum Gasteiger partial charge on any atom is 0.229 e. The molecule has 1 heterocycles. The SMILES string of the molecule is C#CCOc1ccccc1NC(=O)Cc1c(C)n[nH]c1C. The first-order valence-electron chi connectivity index (χ1n) is 6.57. The number of nitrogens with one attached hydrogen (secondary N) is 2. The number of H-pyrrole nitrogens is 1. The molecule has 0 spiro atoms. The number of benzene rings is 1. The van der Waals surface area contributed by atoms with Gasteiger partial charge in [-0.2, -0.15) is 5.10 Å². The molecule has 2 rings (SSSR count). The second kappa shape index (κ2) is 6.62. The van der Waals surface area contributed by atoms with Crippen LogP contribution in [0, 0.1) is 26.2 Å². The van der Waals surface area contributed by atoms with Gasteiger partial charge in [-0.3, -0.25) is 9.89 Å². The molecule has 0 atom stereocenters. The molecule has 0 radical (unpaired) electrons. The number of para-hydroxylation sites is 2. The summed E-state index contributed by atoms with van der Waals surface area (Å²) >= 11 is 0. The molecule has 0 bridgehead atoms. The first-order chi connectivity index (χ1) is 10.1. The Morgan fingerprint density at radius 2 is 2.19 bits per heavy atom. The van der Waals surface area contributed by atoms with Gasteiger partial charge in [0.2, 0.25) is 5.91 Å². The van der Waals surface area contributed by atoms with Crippen LogP contribution in [0.4, 0.5) is 5.69 Å². The molecular weight excluding hydrogens is 266 g/mol. The number of rotatable bonds is 5. The van der Waals surface area contributed by atoms with Crippen molar-refractivity contribution in [1.29, 1.82) is 0 Å². The fourth-order valence-electron chi connectivity index (χ4n) is 2.00. The van der Waals surface area contributed by atoms with Gasteiger partial charge in [0.15, 0.2) is 0 Å². The topological polar surface area (TPSA) is 67.0 Å². The number of amides is 1. The molecule has 0 aliphatic rings. The van der Waals surface area contributed by atoms with Gasteiger partial charge in [0.05, 0.1) is 17.8 Å². The minimum atomic E-state index is -0.126. The lowest BCUT2D eigenvalue weighted by Gasteiger charge is -2.11. The van der Waals surface area contributed by atoms with Gasteiger partial charge in [-0.05, 0) is 26.0 Å². The molecule has 108 valence electrons. The second-order valence-corrected chi connectivity index (χ2v) is 4.63. The van der Waals surface area contributed by atoms with E-state index in [1.54, 1.807) is 12.1 Å². The van der Waals surface area contributed by atoms with Crippen LogP contribution < -0.4 is 10.1 Å². The van der Waals surface area contributed by atoms with Gasteiger partial charge in [-0.1, -0.05) is 18.1 Å². The Balaban J connectivity index is 2.08. The first kappa shape index (κ1) is 14.7. The minimum Gasteiger partial charge on any atom is -0.479 e. The zero-order valence-electron chi connectivity index (χ0n) is 12.1. The van der Waals surface area contributed by atoms with Gasteiger partial charge in [-0.25, -0.2) is 0 Å². The number of carbonyl (C=O) groups excluding carboxylic acids is 1. The molecule has 1 aromatic carbocycles. The Bertz CT molecular complexity index is 664. The van der Waals surface area contributed by atoms with E-state index in [2.05, 4.69) is 21.4 Å². The van der Waals surface area contributed by atoms with Crippen molar-refractivity contribution in [3.05, 3.63) is 41.2 Å². The van der Waals surface area contributed by atoms with Crippen molar-refractivity contribution < 1.29 is 9.53 Å². The highest BCUT2D eigenvalue weighted by Gasteiger charge is 2.13. The zero-order chi connectivity index (χ0) is 15.2. The minimum absolute atomic E-state index is 0.126. The van der Waals surface area contributed by atoms with Crippen LogP contribution in [0.2, 0.25) is 0 Å². The number of anilines is 1. The largest absolute Gasteiger partial charge is 0.479 e. The fraction of sp³-hybridized carbons (Fsp3) is 0.250. The molecule has 2 aromatic rings. The number of hydrogen-bond donors (Lipinski definition) is 2. The fourth-order valence-corrected chi connectivity index (χ4v) is 2.00. The van der Waals surface area contributed by atoms with Crippen LogP contribution in [0.15, 0.2) is 24.3 Å². The van der Waals surface area contributed by atoms with Crippen molar-refractivity contribution in [3.8, 4) is 18.1 Å². The predicted molar refractivity (Wildman–Crippen MR) is 81.2 cm³/mol. The van der Waals surface area contributed by atoms with Crippen LogP contribution in [0.25, 0.3) is 0 Å². The molecule has 2 N–H and O–H groups in total. The second-order valence-electron chi connectivity index (χ2n) is 4.63. The molecule has 0 aliphatic heterocycles. The Kier molecular flexibility index (Phi) is 4.62. The number of terminal acetylenes is 1. The zero-order valence-corrected chi connectivity index (χ0v) is 12.1. The van der Waals surface area contributed by atoms with Crippen LogP contribution in [0.1, 0.15) is 17.0 Å². The third-order valence-electron chi connectivity index (χ3n) is 3.09. The summed E-state index contributed by atoms with van der Waals surface area (Å²) in [7, 11) is 0. The summed E-state index contributed by atoms with van der Waals surface area (Å²) in [5.74, 6) is 2.83. The molecule has 5 nitrogen and oxygen atoms in total. The highest BCUT2D eigenvalue weighted by Crippen LogP contribution is 2.24. The van der Waals surface area contributed by atoms with Crippen molar-refractivity contribution >= 4 is 11.6 Å². The molecule has 0 saturated carbocycles. The molecule has 1 aromatic heterocycles. The predicted octanol–water partition coefficient (Wildman–Crippen LogP) is 2.22. The number of ether oxygens (including phenoxy) is 1. The lowest BCUT2D eigenvalue weighted by Crippen LogP contribution is -2.16. The molecule has 5 heteroatoms. The standard InChI is InChI=1S/C16H17N3O2/c1-4-9-21-15-8-6-5-7-14(15)17-16(20)10-13-11(2)18-19-12(13)3/h1,5-8H,9-10H2,2-3H3,(H,17,20)(H,18,19). The number of hydrogen-bond acceptors (Lipinski definition) is 3. The van der Waals surface area contributed by atoms with Crippen LogP contribution in [0.3, 0.4) is 0 Å². The maximum atomic E-state index is 12.2. The molecule has 0 unspecified atom stereocenters. The summed E-state index contributed by atoms with van der Waals surface area (Å²) in [6, 6.07) is 7.19. The highest BCUT2D eigenvalue weighted by molar-refractivity contribution is 5.93. The normalized spacial score (nSPS) is 9.95. The van der Waals surface area contributed by atoms with Crippen LogP contribution in [0.5, 0.6) is 5.75 Å².